The standard InChI is InChI=1S/C8H13NO2S/c1-6(4-10)5-12-8(3)9-7(2)11/h4-5,8H,1-3H3,(H,9,11)/b6-5+. The van der Waals surface area contributed by atoms with Crippen LogP contribution in [-0.4, -0.2) is 17.6 Å². The second-order valence-corrected chi connectivity index (χ2v) is 3.67. The molecule has 0 aromatic rings. The summed E-state index contributed by atoms with van der Waals surface area (Å²) < 4.78 is 0. The van der Waals surface area contributed by atoms with Crippen molar-refractivity contribution in [2.75, 3.05) is 0 Å². The largest absolute Gasteiger partial charge is 0.345 e. The van der Waals surface area contributed by atoms with Crippen LogP contribution in [0, 0.1) is 0 Å². The summed E-state index contributed by atoms with van der Waals surface area (Å²) in [6, 6.07) is 0. The van der Waals surface area contributed by atoms with Crippen LogP contribution in [0.1, 0.15) is 20.8 Å². The molecule has 1 amide bonds. The number of rotatable bonds is 4. The normalized spacial score (nSPS) is 13.8. The van der Waals surface area contributed by atoms with Gasteiger partial charge >= 0.3 is 0 Å². The Balaban J connectivity index is 3.77. The Hall–Kier alpha value is -0.770. The Morgan fingerprint density at radius 2 is 2.08 bits per heavy atom. The lowest BCUT2D eigenvalue weighted by atomic mass is 10.4. The van der Waals surface area contributed by atoms with Crippen molar-refractivity contribution >= 4 is 24.0 Å². The van der Waals surface area contributed by atoms with Crippen molar-refractivity contribution < 1.29 is 9.59 Å². The van der Waals surface area contributed by atoms with Crippen molar-refractivity contribution in [1.82, 2.24) is 5.32 Å². The van der Waals surface area contributed by atoms with Crippen LogP contribution in [0.3, 0.4) is 0 Å². The number of thioether (sulfide) groups is 1. The molecule has 0 spiro atoms. The van der Waals surface area contributed by atoms with Crippen molar-refractivity contribution in [3.63, 3.8) is 0 Å². The number of aldehydes is 1. The van der Waals surface area contributed by atoms with Crippen LogP contribution in [0.2, 0.25) is 0 Å². The second kappa shape index (κ2) is 5.83. The summed E-state index contributed by atoms with van der Waals surface area (Å²) in [5.41, 5.74) is 0.664. The zero-order valence-corrected chi connectivity index (χ0v) is 8.27. The van der Waals surface area contributed by atoms with Crippen LogP contribution < -0.4 is 5.32 Å². The molecule has 12 heavy (non-hydrogen) atoms. The number of amides is 1. The average molecular weight is 187 g/mol. The van der Waals surface area contributed by atoms with Crippen molar-refractivity contribution in [2.24, 2.45) is 0 Å². The molecule has 0 rings (SSSR count). The van der Waals surface area contributed by atoms with Gasteiger partial charge in [-0.2, -0.15) is 0 Å². The summed E-state index contributed by atoms with van der Waals surface area (Å²) in [5.74, 6) is -0.0628. The monoisotopic (exact) mass is 187 g/mol. The Morgan fingerprint density at radius 3 is 2.50 bits per heavy atom. The maximum absolute atomic E-state index is 10.6. The van der Waals surface area contributed by atoms with E-state index < -0.39 is 0 Å². The predicted molar refractivity (Wildman–Crippen MR) is 50.7 cm³/mol. The summed E-state index contributed by atoms with van der Waals surface area (Å²) in [7, 11) is 0. The fourth-order valence-corrected chi connectivity index (χ4v) is 1.27. The molecular weight excluding hydrogens is 174 g/mol. The first-order chi connectivity index (χ1) is 5.56. The molecule has 0 bridgehead atoms. The number of hydrogen-bond donors (Lipinski definition) is 1. The van der Waals surface area contributed by atoms with Crippen molar-refractivity contribution in [3.8, 4) is 0 Å². The van der Waals surface area contributed by atoms with E-state index >= 15 is 0 Å². The van der Waals surface area contributed by atoms with Gasteiger partial charge in [0.15, 0.2) is 0 Å². The van der Waals surface area contributed by atoms with Crippen molar-refractivity contribution in [3.05, 3.63) is 11.0 Å². The zero-order chi connectivity index (χ0) is 9.56. The molecule has 68 valence electrons. The van der Waals surface area contributed by atoms with E-state index in [9.17, 15) is 9.59 Å². The SMILES string of the molecule is CC(=O)NC(C)S/C=C(\C)C=O. The topological polar surface area (TPSA) is 46.2 Å². The van der Waals surface area contributed by atoms with Gasteiger partial charge in [-0.05, 0) is 24.8 Å². The first-order valence-corrected chi connectivity index (χ1v) is 4.55. The van der Waals surface area contributed by atoms with Crippen LogP contribution >= 0.6 is 11.8 Å². The van der Waals surface area contributed by atoms with E-state index in [4.69, 9.17) is 0 Å². The lowest BCUT2D eigenvalue weighted by Crippen LogP contribution is -2.27. The number of carbonyl (C=O) groups is 2. The third-order valence-corrected chi connectivity index (χ3v) is 2.08. The van der Waals surface area contributed by atoms with Crippen molar-refractivity contribution in [2.45, 2.75) is 26.1 Å². The fraction of sp³-hybridized carbons (Fsp3) is 0.500. The highest BCUT2D eigenvalue weighted by Crippen LogP contribution is 2.10. The van der Waals surface area contributed by atoms with Crippen LogP contribution in [-0.2, 0) is 9.59 Å². The van der Waals surface area contributed by atoms with E-state index in [1.54, 1.807) is 12.3 Å². The van der Waals surface area contributed by atoms with Crippen LogP contribution in [0.15, 0.2) is 11.0 Å². The lowest BCUT2D eigenvalue weighted by molar-refractivity contribution is -0.119. The summed E-state index contributed by atoms with van der Waals surface area (Å²) in [6.07, 6.45) is 0.785. The van der Waals surface area contributed by atoms with Gasteiger partial charge in [0.25, 0.3) is 0 Å². The molecule has 0 fully saturated rings. The molecular formula is C8H13NO2S. The highest BCUT2D eigenvalue weighted by atomic mass is 32.2. The third kappa shape index (κ3) is 5.97. The van der Waals surface area contributed by atoms with Gasteiger partial charge in [-0.25, -0.2) is 0 Å². The first-order valence-electron chi connectivity index (χ1n) is 3.60. The molecule has 0 saturated heterocycles. The number of hydrogen-bond acceptors (Lipinski definition) is 3. The molecule has 1 unspecified atom stereocenters. The predicted octanol–water partition coefficient (Wildman–Crippen LogP) is 1.30. The molecule has 0 saturated carbocycles. The first kappa shape index (κ1) is 11.2. The van der Waals surface area contributed by atoms with Crippen LogP contribution in [0.5, 0.6) is 0 Å². The molecule has 0 aliphatic carbocycles. The average Bonchev–Trinajstić information content (AvgIpc) is 1.99. The molecule has 0 aromatic carbocycles. The summed E-state index contributed by atoms with van der Waals surface area (Å²) >= 11 is 1.41. The molecule has 0 radical (unpaired) electrons. The smallest absolute Gasteiger partial charge is 0.217 e. The Bertz CT molecular complexity index is 201. The number of carbonyl (C=O) groups excluding carboxylic acids is 2. The van der Waals surface area contributed by atoms with Gasteiger partial charge in [-0.15, -0.1) is 11.8 Å². The van der Waals surface area contributed by atoms with Gasteiger partial charge in [-0.3, -0.25) is 9.59 Å². The quantitative estimate of drug-likeness (QED) is 0.410. The Morgan fingerprint density at radius 1 is 1.50 bits per heavy atom. The molecule has 1 N–H and O–H groups in total. The maximum atomic E-state index is 10.6. The van der Waals surface area contributed by atoms with Crippen LogP contribution in [0.4, 0.5) is 0 Å². The Labute approximate surface area is 76.6 Å². The molecule has 0 aliphatic rings. The van der Waals surface area contributed by atoms with E-state index in [-0.39, 0.29) is 11.3 Å². The van der Waals surface area contributed by atoms with E-state index in [1.807, 2.05) is 6.92 Å². The van der Waals surface area contributed by atoms with Gasteiger partial charge in [0.2, 0.25) is 5.91 Å². The highest BCUT2D eigenvalue weighted by molar-refractivity contribution is 8.02. The molecule has 1 atom stereocenters. The minimum Gasteiger partial charge on any atom is -0.345 e. The molecule has 0 aromatic heterocycles. The summed E-state index contributed by atoms with van der Waals surface area (Å²) in [4.78, 5) is 20.7. The summed E-state index contributed by atoms with van der Waals surface area (Å²) in [5, 5.41) is 4.43. The molecule has 3 nitrogen and oxygen atoms in total. The second-order valence-electron chi connectivity index (χ2n) is 2.46. The van der Waals surface area contributed by atoms with Crippen molar-refractivity contribution in [1.29, 1.82) is 0 Å². The third-order valence-electron chi connectivity index (χ3n) is 1.05. The van der Waals surface area contributed by atoms with Gasteiger partial charge in [0.05, 0.1) is 5.37 Å². The lowest BCUT2D eigenvalue weighted by Gasteiger charge is -2.08. The number of nitrogens with one attached hydrogen (secondary N) is 1. The Kier molecular flexibility index (Phi) is 5.45. The highest BCUT2D eigenvalue weighted by Gasteiger charge is 2.00. The maximum Gasteiger partial charge on any atom is 0.217 e. The van der Waals surface area contributed by atoms with Gasteiger partial charge < -0.3 is 5.32 Å². The molecule has 0 heterocycles. The van der Waals surface area contributed by atoms with E-state index in [2.05, 4.69) is 5.32 Å². The van der Waals surface area contributed by atoms with E-state index in [0.29, 0.717) is 5.57 Å². The van der Waals surface area contributed by atoms with Gasteiger partial charge in [-0.1, -0.05) is 0 Å². The van der Waals surface area contributed by atoms with E-state index in [0.717, 1.165) is 6.29 Å². The molecule has 0 aliphatic heterocycles. The zero-order valence-electron chi connectivity index (χ0n) is 7.46. The molecule has 4 heteroatoms. The fourth-order valence-electron chi connectivity index (χ4n) is 0.557. The van der Waals surface area contributed by atoms with Gasteiger partial charge in [0.1, 0.15) is 6.29 Å². The minimum atomic E-state index is -0.0628. The van der Waals surface area contributed by atoms with Crippen LogP contribution in [0.25, 0.3) is 0 Å². The van der Waals surface area contributed by atoms with E-state index in [1.165, 1.54) is 18.7 Å². The van der Waals surface area contributed by atoms with Gasteiger partial charge in [0, 0.05) is 6.92 Å². The minimum absolute atomic E-state index is 0.0115. The number of allylic oxidation sites excluding steroid dienone is 1. The summed E-state index contributed by atoms with van der Waals surface area (Å²) in [6.45, 7) is 5.05.